The van der Waals surface area contributed by atoms with Crippen molar-refractivity contribution < 1.29 is 18.9 Å². The Morgan fingerprint density at radius 3 is 2.44 bits per heavy atom. The number of rotatable bonds is 2. The molecule has 0 saturated heterocycles. The van der Waals surface area contributed by atoms with E-state index in [1.54, 1.807) is 0 Å². The van der Waals surface area contributed by atoms with Gasteiger partial charge in [-0.25, -0.2) is 4.57 Å². The highest BCUT2D eigenvalue weighted by atomic mass is 31.2. The van der Waals surface area contributed by atoms with Crippen LogP contribution in [0, 0.1) is 29.6 Å². The molecule has 2 saturated carbocycles. The van der Waals surface area contributed by atoms with Gasteiger partial charge in [0.2, 0.25) is 0 Å². The van der Waals surface area contributed by atoms with Gasteiger partial charge in [-0.15, -0.1) is 0 Å². The van der Waals surface area contributed by atoms with E-state index in [0.29, 0.717) is 22.5 Å². The fourth-order valence-corrected chi connectivity index (χ4v) is 8.00. The molecule has 4 atom stereocenters. The van der Waals surface area contributed by atoms with E-state index < -0.39 is 7.82 Å². The topological polar surface area (TPSA) is 66.8 Å². The highest BCUT2D eigenvalue weighted by molar-refractivity contribution is 7.46. The Kier molecular flexibility index (Phi) is 4.22. The van der Waals surface area contributed by atoms with Crippen molar-refractivity contribution in [1.29, 1.82) is 0 Å². The molecule has 0 unspecified atom stereocenters. The molecule has 0 bridgehead atoms. The predicted molar refractivity (Wildman–Crippen MR) is 107 cm³/mol. The predicted octanol–water partition coefficient (Wildman–Crippen LogP) is 5.52. The highest BCUT2D eigenvalue weighted by Gasteiger charge is 2.61. The van der Waals surface area contributed by atoms with Crippen LogP contribution in [0.5, 0.6) is 5.75 Å². The van der Waals surface area contributed by atoms with Crippen LogP contribution < -0.4 is 4.52 Å². The first-order valence-corrected chi connectivity index (χ1v) is 11.8. The molecule has 0 aromatic heterocycles. The number of phosphoric acid groups is 1. The number of hydrogen-bond donors (Lipinski definition) is 2. The standard InChI is InChI=1S/C22H33O4P/c1-14-11-16(26-27(23,24)25)12-15-13-18-21(4)9-6-8-20(2,3)17(21)7-10-22(18,5)19(14)15/h11-12,17-18H,6-10,13H2,1-5H3,(H2,23,24,25)/t17-,18-,21-,22+/m0/s1. The molecule has 150 valence electrons. The Balaban J connectivity index is 1.77. The molecule has 0 aliphatic heterocycles. The smallest absolute Gasteiger partial charge is 0.404 e. The molecule has 0 radical (unpaired) electrons. The molecular weight excluding hydrogens is 359 g/mol. The fourth-order valence-electron chi connectivity index (χ4n) is 7.62. The van der Waals surface area contributed by atoms with Crippen LogP contribution in [-0.4, -0.2) is 9.79 Å². The minimum Gasteiger partial charge on any atom is -0.404 e. The summed E-state index contributed by atoms with van der Waals surface area (Å²) in [6.45, 7) is 11.9. The maximum atomic E-state index is 11.3. The van der Waals surface area contributed by atoms with Crippen LogP contribution in [0.1, 0.15) is 76.5 Å². The van der Waals surface area contributed by atoms with Gasteiger partial charge in [-0.3, -0.25) is 9.79 Å². The summed E-state index contributed by atoms with van der Waals surface area (Å²) in [6, 6.07) is 3.70. The number of aryl methyl sites for hydroxylation is 1. The van der Waals surface area contributed by atoms with Gasteiger partial charge in [0.15, 0.2) is 0 Å². The Labute approximate surface area is 163 Å². The minimum absolute atomic E-state index is 0.152. The summed E-state index contributed by atoms with van der Waals surface area (Å²) < 4.78 is 16.2. The van der Waals surface area contributed by atoms with Crippen molar-refractivity contribution in [3.8, 4) is 5.75 Å². The summed E-state index contributed by atoms with van der Waals surface area (Å²) in [7, 11) is -4.54. The first kappa shape index (κ1) is 19.5. The summed E-state index contributed by atoms with van der Waals surface area (Å²) in [6.07, 6.45) is 7.38. The van der Waals surface area contributed by atoms with Crippen molar-refractivity contribution in [2.24, 2.45) is 22.7 Å². The zero-order valence-electron chi connectivity index (χ0n) is 17.2. The second-order valence-corrected chi connectivity index (χ2v) is 11.6. The lowest BCUT2D eigenvalue weighted by molar-refractivity contribution is -0.0983. The van der Waals surface area contributed by atoms with Gasteiger partial charge >= 0.3 is 7.82 Å². The fraction of sp³-hybridized carbons (Fsp3) is 0.727. The first-order valence-electron chi connectivity index (χ1n) is 10.3. The number of fused-ring (bicyclic) bond motifs is 5. The largest absolute Gasteiger partial charge is 0.524 e. The van der Waals surface area contributed by atoms with E-state index in [-0.39, 0.29) is 5.41 Å². The van der Waals surface area contributed by atoms with Gasteiger partial charge < -0.3 is 4.52 Å². The lowest BCUT2D eigenvalue weighted by Crippen LogP contribution is -2.55. The summed E-state index contributed by atoms with van der Waals surface area (Å²) in [4.78, 5) is 18.4. The molecule has 0 amide bonds. The summed E-state index contributed by atoms with van der Waals surface area (Å²) >= 11 is 0. The molecule has 5 heteroatoms. The second-order valence-electron chi connectivity index (χ2n) is 10.5. The normalized spacial score (nSPS) is 37.3. The van der Waals surface area contributed by atoms with Crippen LogP contribution in [-0.2, 0) is 16.4 Å². The Morgan fingerprint density at radius 2 is 1.78 bits per heavy atom. The highest BCUT2D eigenvalue weighted by Crippen LogP contribution is 2.68. The van der Waals surface area contributed by atoms with Crippen LogP contribution in [0.3, 0.4) is 0 Å². The van der Waals surface area contributed by atoms with E-state index in [1.807, 2.05) is 12.1 Å². The zero-order chi connectivity index (χ0) is 19.8. The molecule has 27 heavy (non-hydrogen) atoms. The average molecular weight is 392 g/mol. The van der Waals surface area contributed by atoms with E-state index >= 15 is 0 Å². The Morgan fingerprint density at radius 1 is 1.07 bits per heavy atom. The molecule has 4 rings (SSSR count). The van der Waals surface area contributed by atoms with E-state index in [2.05, 4.69) is 34.6 Å². The monoisotopic (exact) mass is 392 g/mol. The molecule has 4 nitrogen and oxygen atoms in total. The van der Waals surface area contributed by atoms with Gasteiger partial charge in [0, 0.05) is 0 Å². The minimum atomic E-state index is -4.54. The SMILES string of the molecule is Cc1cc(OP(=O)(O)O)cc2c1[C@]1(C)CC[C@H]3C(C)(C)CCC[C@]3(C)[C@@H]1C2. The molecular formula is C22H33O4P. The number of hydrogen-bond acceptors (Lipinski definition) is 2. The van der Waals surface area contributed by atoms with Crippen molar-refractivity contribution in [1.82, 2.24) is 0 Å². The summed E-state index contributed by atoms with van der Waals surface area (Å²) in [5.74, 6) is 1.63. The van der Waals surface area contributed by atoms with E-state index in [1.165, 1.54) is 43.2 Å². The molecule has 0 spiro atoms. The maximum Gasteiger partial charge on any atom is 0.524 e. The molecule has 3 aliphatic rings. The van der Waals surface area contributed by atoms with Gasteiger partial charge in [0.1, 0.15) is 5.75 Å². The molecule has 2 N–H and O–H groups in total. The van der Waals surface area contributed by atoms with Crippen LogP contribution in [0.2, 0.25) is 0 Å². The molecule has 0 heterocycles. The Bertz CT molecular complexity index is 826. The lowest BCUT2D eigenvalue weighted by atomic mass is 9.43. The molecule has 1 aromatic rings. The van der Waals surface area contributed by atoms with Gasteiger partial charge in [-0.05, 0) is 95.9 Å². The van der Waals surface area contributed by atoms with Gasteiger partial charge in [0.25, 0.3) is 0 Å². The molecule has 1 aromatic carbocycles. The van der Waals surface area contributed by atoms with Crippen molar-refractivity contribution in [3.05, 3.63) is 28.8 Å². The quantitative estimate of drug-likeness (QED) is 0.650. The van der Waals surface area contributed by atoms with Crippen molar-refractivity contribution in [2.75, 3.05) is 0 Å². The van der Waals surface area contributed by atoms with Crippen molar-refractivity contribution in [2.45, 2.75) is 78.6 Å². The van der Waals surface area contributed by atoms with Crippen LogP contribution in [0.25, 0.3) is 0 Å². The molecule has 3 aliphatic carbocycles. The van der Waals surface area contributed by atoms with Gasteiger partial charge in [-0.1, -0.05) is 34.1 Å². The van der Waals surface area contributed by atoms with E-state index in [4.69, 9.17) is 4.52 Å². The summed E-state index contributed by atoms with van der Waals surface area (Å²) in [5.41, 5.74) is 4.62. The maximum absolute atomic E-state index is 11.3. The van der Waals surface area contributed by atoms with E-state index in [0.717, 1.165) is 17.9 Å². The van der Waals surface area contributed by atoms with Crippen LogP contribution >= 0.6 is 7.82 Å². The van der Waals surface area contributed by atoms with Gasteiger partial charge in [0.05, 0.1) is 0 Å². The first-order chi connectivity index (χ1) is 12.4. The lowest BCUT2D eigenvalue weighted by Gasteiger charge is -2.61. The van der Waals surface area contributed by atoms with Crippen LogP contribution in [0.15, 0.2) is 12.1 Å². The zero-order valence-corrected chi connectivity index (χ0v) is 18.1. The van der Waals surface area contributed by atoms with Crippen LogP contribution in [0.4, 0.5) is 0 Å². The van der Waals surface area contributed by atoms with Gasteiger partial charge in [-0.2, -0.15) is 0 Å². The third-order valence-corrected chi connectivity index (χ3v) is 8.85. The van der Waals surface area contributed by atoms with E-state index in [9.17, 15) is 14.4 Å². The number of benzene rings is 1. The Hall–Kier alpha value is -0.830. The van der Waals surface area contributed by atoms with Crippen molar-refractivity contribution in [3.63, 3.8) is 0 Å². The summed E-state index contributed by atoms with van der Waals surface area (Å²) in [5, 5.41) is 0. The number of phosphoric ester groups is 1. The third kappa shape index (κ3) is 2.91. The molecule has 2 fully saturated rings. The third-order valence-electron chi connectivity index (χ3n) is 8.40. The second kappa shape index (κ2) is 5.84. The average Bonchev–Trinajstić information content (AvgIpc) is 2.79. The van der Waals surface area contributed by atoms with Crippen molar-refractivity contribution >= 4 is 7.82 Å².